The molecule has 2 aromatic carbocycles. The molecule has 30 heavy (non-hydrogen) atoms. The van der Waals surface area contributed by atoms with Gasteiger partial charge in [-0.05, 0) is 49.7 Å². The maximum Gasteiger partial charge on any atom is 0.229 e. The lowest BCUT2D eigenvalue weighted by Crippen LogP contribution is -2.39. The minimum Gasteiger partial charge on any atom is -0.302 e. The first kappa shape index (κ1) is 23.1. The maximum absolute atomic E-state index is 13.2. The standard InChI is InChI=1S/C23H29N3OS3/c1-4-25(5-2)14-15-26(22(27)13-16-29-18-9-7-6-8-10-18)23-24-20-12-11-19(28-3)17-21(20)30-23/h6-12,17H,4-5,13-16H2,1-3H3. The lowest BCUT2D eigenvalue weighted by Gasteiger charge is -2.24. The molecule has 0 aliphatic rings. The second-order valence-electron chi connectivity index (χ2n) is 6.81. The van der Waals surface area contributed by atoms with Crippen LogP contribution in [0.15, 0.2) is 58.3 Å². The molecule has 0 saturated heterocycles. The average molecular weight is 460 g/mol. The molecule has 1 aromatic heterocycles. The SMILES string of the molecule is CCN(CC)CCN(C(=O)CCSc1ccccc1)c1nc2ccc(SC)cc2s1. The Bertz CT molecular complexity index is 941. The fraction of sp³-hybridized carbons (Fsp3) is 0.391. The number of thiazole rings is 1. The Labute approximate surface area is 192 Å². The number of likely N-dealkylation sites (N-methyl/N-ethyl adjacent to an activating group) is 1. The summed E-state index contributed by atoms with van der Waals surface area (Å²) in [7, 11) is 0. The molecule has 0 bridgehead atoms. The van der Waals surface area contributed by atoms with E-state index in [1.54, 1.807) is 34.9 Å². The second kappa shape index (κ2) is 11.7. The van der Waals surface area contributed by atoms with Gasteiger partial charge in [0.25, 0.3) is 0 Å². The summed E-state index contributed by atoms with van der Waals surface area (Å²) in [5, 5.41) is 0.810. The van der Waals surface area contributed by atoms with Gasteiger partial charge in [0, 0.05) is 35.1 Å². The Kier molecular flexibility index (Phi) is 9.05. The summed E-state index contributed by atoms with van der Waals surface area (Å²) < 4.78 is 1.14. The lowest BCUT2D eigenvalue weighted by molar-refractivity contribution is -0.118. The maximum atomic E-state index is 13.2. The van der Waals surface area contributed by atoms with E-state index in [-0.39, 0.29) is 5.91 Å². The van der Waals surface area contributed by atoms with Crippen LogP contribution in [-0.2, 0) is 4.79 Å². The molecule has 0 unspecified atom stereocenters. The number of anilines is 1. The molecule has 4 nitrogen and oxygen atoms in total. The number of rotatable bonds is 11. The first-order chi connectivity index (χ1) is 14.6. The molecular formula is C23H29N3OS3. The summed E-state index contributed by atoms with van der Waals surface area (Å²) in [6.07, 6.45) is 2.58. The van der Waals surface area contributed by atoms with Crippen molar-refractivity contribution in [2.45, 2.75) is 30.1 Å². The fourth-order valence-corrected chi connectivity index (χ4v) is 5.58. The third-order valence-electron chi connectivity index (χ3n) is 4.98. The number of hydrogen-bond acceptors (Lipinski definition) is 6. The molecule has 0 aliphatic heterocycles. The average Bonchev–Trinajstić information content (AvgIpc) is 3.20. The molecule has 0 spiro atoms. The third-order valence-corrected chi connectivity index (χ3v) is 7.76. The predicted octanol–water partition coefficient (Wildman–Crippen LogP) is 5.88. The molecule has 1 heterocycles. The molecule has 1 amide bonds. The van der Waals surface area contributed by atoms with E-state index in [4.69, 9.17) is 4.98 Å². The summed E-state index contributed by atoms with van der Waals surface area (Å²) in [6, 6.07) is 16.6. The van der Waals surface area contributed by atoms with Crippen LogP contribution in [0.25, 0.3) is 10.2 Å². The van der Waals surface area contributed by atoms with E-state index in [1.807, 2.05) is 23.1 Å². The van der Waals surface area contributed by atoms with Gasteiger partial charge in [-0.25, -0.2) is 4.98 Å². The Hall–Kier alpha value is -1.54. The van der Waals surface area contributed by atoms with Gasteiger partial charge in [0.1, 0.15) is 0 Å². The van der Waals surface area contributed by atoms with Crippen molar-refractivity contribution in [2.24, 2.45) is 0 Å². The highest BCUT2D eigenvalue weighted by atomic mass is 32.2. The molecule has 0 aliphatic carbocycles. The van der Waals surface area contributed by atoms with Crippen molar-refractivity contribution in [3.63, 3.8) is 0 Å². The van der Waals surface area contributed by atoms with E-state index in [9.17, 15) is 4.79 Å². The van der Waals surface area contributed by atoms with E-state index in [0.29, 0.717) is 13.0 Å². The first-order valence-electron chi connectivity index (χ1n) is 10.3. The molecule has 0 radical (unpaired) electrons. The van der Waals surface area contributed by atoms with Crippen molar-refractivity contribution in [2.75, 3.05) is 43.1 Å². The Balaban J connectivity index is 1.74. The molecule has 3 rings (SSSR count). The molecule has 0 N–H and O–H groups in total. The number of hydrogen-bond donors (Lipinski definition) is 0. The topological polar surface area (TPSA) is 36.4 Å². The summed E-state index contributed by atoms with van der Waals surface area (Å²) in [5.74, 6) is 0.918. The smallest absolute Gasteiger partial charge is 0.229 e. The number of carbonyl (C=O) groups excluding carboxylic acids is 1. The highest BCUT2D eigenvalue weighted by Gasteiger charge is 2.20. The monoisotopic (exact) mass is 459 g/mol. The summed E-state index contributed by atoms with van der Waals surface area (Å²) in [5.41, 5.74) is 0.965. The molecule has 0 fully saturated rings. The number of amides is 1. The van der Waals surface area contributed by atoms with Gasteiger partial charge < -0.3 is 4.90 Å². The highest BCUT2D eigenvalue weighted by Crippen LogP contribution is 2.32. The van der Waals surface area contributed by atoms with Gasteiger partial charge in [-0.3, -0.25) is 9.69 Å². The van der Waals surface area contributed by atoms with Crippen molar-refractivity contribution in [1.29, 1.82) is 0 Å². The zero-order chi connectivity index (χ0) is 21.3. The van der Waals surface area contributed by atoms with E-state index in [2.05, 4.69) is 55.3 Å². The molecule has 0 saturated carbocycles. The van der Waals surface area contributed by atoms with Crippen molar-refractivity contribution in [1.82, 2.24) is 9.88 Å². The fourth-order valence-electron chi connectivity index (χ4n) is 3.15. The molecule has 0 atom stereocenters. The quantitative estimate of drug-likeness (QED) is 0.335. The van der Waals surface area contributed by atoms with Crippen molar-refractivity contribution < 1.29 is 4.79 Å². The number of carbonyl (C=O) groups is 1. The van der Waals surface area contributed by atoms with Crippen molar-refractivity contribution >= 4 is 56.1 Å². The van der Waals surface area contributed by atoms with Crippen molar-refractivity contribution in [3.8, 4) is 0 Å². The Morgan fingerprint density at radius 2 is 1.80 bits per heavy atom. The van der Waals surface area contributed by atoms with Crippen LogP contribution < -0.4 is 4.90 Å². The lowest BCUT2D eigenvalue weighted by atomic mass is 10.3. The first-order valence-corrected chi connectivity index (χ1v) is 13.3. The van der Waals surface area contributed by atoms with Gasteiger partial charge in [0.15, 0.2) is 5.13 Å². The minimum atomic E-state index is 0.148. The van der Waals surface area contributed by atoms with Crippen LogP contribution >= 0.6 is 34.9 Å². The van der Waals surface area contributed by atoms with E-state index < -0.39 is 0 Å². The second-order valence-corrected chi connectivity index (χ2v) is 9.87. The zero-order valence-electron chi connectivity index (χ0n) is 17.8. The number of thioether (sulfide) groups is 2. The van der Waals surface area contributed by atoms with Gasteiger partial charge in [-0.15, -0.1) is 23.5 Å². The Morgan fingerprint density at radius 3 is 2.50 bits per heavy atom. The van der Waals surface area contributed by atoms with Gasteiger partial charge in [0.2, 0.25) is 5.91 Å². The van der Waals surface area contributed by atoms with Gasteiger partial charge in [0.05, 0.1) is 10.2 Å². The van der Waals surface area contributed by atoms with Crippen molar-refractivity contribution in [3.05, 3.63) is 48.5 Å². The van der Waals surface area contributed by atoms with Crippen LogP contribution in [0.3, 0.4) is 0 Å². The Morgan fingerprint density at radius 1 is 1.03 bits per heavy atom. The van der Waals surface area contributed by atoms with Crippen LogP contribution in [0.5, 0.6) is 0 Å². The van der Waals surface area contributed by atoms with Gasteiger partial charge in [-0.1, -0.05) is 43.4 Å². The highest BCUT2D eigenvalue weighted by molar-refractivity contribution is 7.99. The van der Waals surface area contributed by atoms with Crippen LogP contribution in [0.2, 0.25) is 0 Å². The van der Waals surface area contributed by atoms with Crippen LogP contribution in [0, 0.1) is 0 Å². The minimum absolute atomic E-state index is 0.148. The van der Waals surface area contributed by atoms with Crippen LogP contribution in [0.4, 0.5) is 5.13 Å². The number of benzene rings is 2. The molecule has 3 aromatic rings. The summed E-state index contributed by atoms with van der Waals surface area (Å²) >= 11 is 5.07. The van der Waals surface area contributed by atoms with Gasteiger partial charge in [-0.2, -0.15) is 0 Å². The largest absolute Gasteiger partial charge is 0.302 e. The number of nitrogens with zero attached hydrogens (tertiary/aromatic N) is 3. The van der Waals surface area contributed by atoms with Crippen LogP contribution in [-0.4, -0.2) is 54.0 Å². The van der Waals surface area contributed by atoms with E-state index in [1.165, 1.54) is 9.79 Å². The van der Waals surface area contributed by atoms with Crippen LogP contribution in [0.1, 0.15) is 20.3 Å². The molecule has 160 valence electrons. The normalized spacial score (nSPS) is 11.3. The zero-order valence-corrected chi connectivity index (χ0v) is 20.3. The number of fused-ring (bicyclic) bond motifs is 1. The molecular weight excluding hydrogens is 430 g/mol. The summed E-state index contributed by atoms with van der Waals surface area (Å²) in [4.78, 5) is 24.6. The van der Waals surface area contributed by atoms with Gasteiger partial charge >= 0.3 is 0 Å². The molecule has 7 heteroatoms. The van der Waals surface area contributed by atoms with E-state index >= 15 is 0 Å². The predicted molar refractivity (Wildman–Crippen MR) is 133 cm³/mol. The van der Waals surface area contributed by atoms with E-state index in [0.717, 1.165) is 40.7 Å². The summed E-state index contributed by atoms with van der Waals surface area (Å²) in [6.45, 7) is 7.82. The third kappa shape index (κ3) is 6.23. The number of aromatic nitrogens is 1.